The second-order valence-corrected chi connectivity index (χ2v) is 1.60. The topological polar surface area (TPSA) is 66.4 Å². The summed E-state index contributed by atoms with van der Waals surface area (Å²) in [6, 6.07) is 0. The maximum Gasteiger partial charge on any atom is 0.469 e. The van der Waals surface area contributed by atoms with Gasteiger partial charge >= 0.3 is 5.28 Å². The van der Waals surface area contributed by atoms with Gasteiger partial charge in [-0.1, -0.05) is 0 Å². The van der Waals surface area contributed by atoms with Crippen LogP contribution in [-0.4, -0.2) is 14.8 Å². The number of hydrogen-bond acceptors (Lipinski definition) is 5. The molecule has 0 fully saturated rings. The molecule has 1 aromatic rings. The van der Waals surface area contributed by atoms with E-state index < -0.39 is 0 Å². The molecule has 2 heterocycles. The molecule has 0 saturated heterocycles. The Morgan fingerprint density at radius 1 is 1.60 bits per heavy atom. The van der Waals surface area contributed by atoms with E-state index in [9.17, 15) is 0 Å². The van der Waals surface area contributed by atoms with Gasteiger partial charge in [-0.2, -0.15) is 9.78 Å². The molecular formula is C4H3N5O+. The van der Waals surface area contributed by atoms with Gasteiger partial charge in [-0.25, -0.2) is 4.98 Å². The van der Waals surface area contributed by atoms with Gasteiger partial charge in [0.2, 0.25) is 6.26 Å². The van der Waals surface area contributed by atoms with Crippen LogP contribution in [0.4, 0.5) is 0 Å². The molecule has 6 heteroatoms. The van der Waals surface area contributed by atoms with Gasteiger partial charge in [0.05, 0.1) is 0 Å². The van der Waals surface area contributed by atoms with Crippen LogP contribution in [0.5, 0.6) is 0 Å². The van der Waals surface area contributed by atoms with Crippen LogP contribution in [0.1, 0.15) is 0 Å². The Kier molecular flexibility index (Phi) is 0.970. The third kappa shape index (κ3) is 0.661. The van der Waals surface area contributed by atoms with E-state index in [1.165, 1.54) is 23.6 Å². The zero-order valence-corrected chi connectivity index (χ0v) is 4.88. The third-order valence-corrected chi connectivity index (χ3v) is 1.00. The van der Waals surface area contributed by atoms with Gasteiger partial charge in [0.1, 0.15) is 12.7 Å². The molecule has 0 spiro atoms. The van der Waals surface area contributed by atoms with Crippen LogP contribution in [-0.2, 0) is 4.84 Å². The average molecular weight is 137 g/mol. The first kappa shape index (κ1) is 5.10. The van der Waals surface area contributed by atoms with Crippen LogP contribution in [0.3, 0.4) is 0 Å². The Morgan fingerprint density at radius 2 is 2.60 bits per heavy atom. The highest BCUT2D eigenvalue weighted by Gasteiger charge is 2.15. The highest BCUT2D eigenvalue weighted by atomic mass is 16.6. The van der Waals surface area contributed by atoms with Crippen LogP contribution in [0.2, 0.25) is 0 Å². The number of nitrogens with zero attached hydrogens (tertiary/aromatic N) is 5. The van der Waals surface area contributed by atoms with E-state index in [-0.39, 0.29) is 0 Å². The predicted molar refractivity (Wildman–Crippen MR) is 29.9 cm³/mol. The summed E-state index contributed by atoms with van der Waals surface area (Å²) in [6.07, 6.45) is 4.31. The molecule has 0 aliphatic carbocycles. The molecule has 0 bridgehead atoms. The molecule has 0 N–H and O–H groups in total. The lowest BCUT2D eigenvalue weighted by Crippen LogP contribution is -1.92. The average Bonchev–Trinajstić information content (AvgIpc) is 2.59. The Hall–Kier alpha value is -1.72. The van der Waals surface area contributed by atoms with Crippen molar-refractivity contribution in [2.75, 3.05) is 0 Å². The molecule has 1 aliphatic rings. The molecule has 0 aromatic carbocycles. The van der Waals surface area contributed by atoms with Gasteiger partial charge < -0.3 is 0 Å². The van der Waals surface area contributed by atoms with E-state index in [1.54, 1.807) is 0 Å². The molecule has 1 aromatic heterocycles. The normalized spacial score (nSPS) is 15.0. The van der Waals surface area contributed by atoms with E-state index in [0.29, 0.717) is 5.82 Å². The summed E-state index contributed by atoms with van der Waals surface area (Å²) in [7, 11) is 0. The lowest BCUT2D eigenvalue weighted by atomic mass is 10.8. The zero-order valence-electron chi connectivity index (χ0n) is 4.88. The summed E-state index contributed by atoms with van der Waals surface area (Å²) in [5.74, 6) is 0.525. The van der Waals surface area contributed by atoms with Crippen LogP contribution >= 0.6 is 0 Å². The van der Waals surface area contributed by atoms with Crippen molar-refractivity contribution in [1.29, 1.82) is 0 Å². The fourth-order valence-corrected chi connectivity index (χ4v) is 0.586. The van der Waals surface area contributed by atoms with E-state index in [0.717, 1.165) is 0 Å². The van der Waals surface area contributed by atoms with Crippen molar-refractivity contribution in [1.82, 2.24) is 20.0 Å². The van der Waals surface area contributed by atoms with Gasteiger partial charge in [-0.3, -0.25) is 0 Å². The van der Waals surface area contributed by atoms with Gasteiger partial charge in [0.15, 0.2) is 5.11 Å². The van der Waals surface area contributed by atoms with Gasteiger partial charge in [0.25, 0.3) is 5.82 Å². The highest BCUT2D eigenvalue weighted by Crippen LogP contribution is 2.05. The van der Waals surface area contributed by atoms with E-state index in [1.807, 2.05) is 0 Å². The molecule has 0 saturated carbocycles. The van der Waals surface area contributed by atoms with Crippen molar-refractivity contribution >= 4 is 5.82 Å². The molecule has 6 nitrogen and oxygen atoms in total. The van der Waals surface area contributed by atoms with E-state index in [2.05, 4.69) is 25.3 Å². The Morgan fingerprint density at radius 3 is 3.20 bits per heavy atom. The van der Waals surface area contributed by atoms with E-state index in [4.69, 9.17) is 0 Å². The van der Waals surface area contributed by atoms with Crippen molar-refractivity contribution in [3.63, 3.8) is 0 Å². The van der Waals surface area contributed by atoms with Crippen molar-refractivity contribution < 1.29 is 4.84 Å². The maximum atomic E-state index is 4.49. The number of hydrogen-bond donors (Lipinski definition) is 0. The molecule has 1 radical (unpaired) electrons. The monoisotopic (exact) mass is 137 g/mol. The summed E-state index contributed by atoms with van der Waals surface area (Å²) in [5, 5.41) is 10.7. The molecule has 0 amide bonds. The maximum absolute atomic E-state index is 4.49. The van der Waals surface area contributed by atoms with Crippen LogP contribution in [0, 0.1) is 0 Å². The summed E-state index contributed by atoms with van der Waals surface area (Å²) in [4.78, 5) is 8.21. The SMILES string of the molecule is C1=C(n2cncn2)N=[N+]O1. The van der Waals surface area contributed by atoms with Crippen LogP contribution in [0.25, 0.3) is 5.82 Å². The van der Waals surface area contributed by atoms with Crippen molar-refractivity contribution in [3.8, 4) is 0 Å². The summed E-state index contributed by atoms with van der Waals surface area (Å²) in [5.41, 5.74) is 0. The lowest BCUT2D eigenvalue weighted by molar-refractivity contribution is 0.199. The first-order chi connectivity index (χ1) is 4.97. The first-order valence-electron chi connectivity index (χ1n) is 2.59. The highest BCUT2D eigenvalue weighted by molar-refractivity contribution is 5.39. The molecule has 1 aliphatic heterocycles. The van der Waals surface area contributed by atoms with Crippen LogP contribution in [0.15, 0.2) is 24.0 Å². The van der Waals surface area contributed by atoms with Crippen LogP contribution < -0.4 is 5.28 Å². The molecule has 2 rings (SSSR count). The molecule has 0 unspecified atom stereocenters. The number of rotatable bonds is 1. The molecule has 0 atom stereocenters. The predicted octanol–water partition coefficient (Wildman–Crippen LogP) is -0.233. The molecular weight excluding hydrogens is 134 g/mol. The summed E-state index contributed by atoms with van der Waals surface area (Å²) >= 11 is 0. The second kappa shape index (κ2) is 1.90. The Bertz CT molecular complexity index is 274. The fourth-order valence-electron chi connectivity index (χ4n) is 0.586. The minimum atomic E-state index is 0.525. The van der Waals surface area contributed by atoms with Crippen molar-refractivity contribution in [2.45, 2.75) is 0 Å². The largest absolute Gasteiger partial charge is 0.469 e. The Labute approximate surface area is 55.8 Å². The Balaban J connectivity index is 2.36. The first-order valence-corrected chi connectivity index (χ1v) is 2.59. The van der Waals surface area contributed by atoms with Crippen molar-refractivity contribution in [3.05, 3.63) is 18.9 Å². The molecule has 10 heavy (non-hydrogen) atoms. The van der Waals surface area contributed by atoms with Gasteiger partial charge in [-0.15, -0.1) is 4.84 Å². The summed E-state index contributed by atoms with van der Waals surface area (Å²) in [6.45, 7) is 0. The smallest absolute Gasteiger partial charge is 0.223 e. The minimum absolute atomic E-state index is 0.525. The standard InChI is InChI=1S/C4H3N5O/c1-4(7-8-10-1)9-3-5-2-6-9/h1-3H/q+1. The third-order valence-electron chi connectivity index (χ3n) is 1.00. The minimum Gasteiger partial charge on any atom is -0.223 e. The molecule has 49 valence electrons. The van der Waals surface area contributed by atoms with E-state index >= 15 is 0 Å². The number of aromatic nitrogens is 3. The van der Waals surface area contributed by atoms with Crippen molar-refractivity contribution in [2.24, 2.45) is 5.11 Å². The zero-order chi connectivity index (χ0) is 6.81. The lowest BCUT2D eigenvalue weighted by Gasteiger charge is -1.84. The second-order valence-electron chi connectivity index (χ2n) is 1.60. The fraction of sp³-hybridized carbons (Fsp3) is 0. The summed E-state index contributed by atoms with van der Waals surface area (Å²) < 4.78 is 1.45. The quantitative estimate of drug-likeness (QED) is 0.536. The van der Waals surface area contributed by atoms with Gasteiger partial charge in [0, 0.05) is 0 Å². The van der Waals surface area contributed by atoms with Gasteiger partial charge in [-0.05, 0) is 0 Å².